The summed E-state index contributed by atoms with van der Waals surface area (Å²) >= 11 is 0. The van der Waals surface area contributed by atoms with Crippen LogP contribution in [0.5, 0.6) is 5.75 Å². The van der Waals surface area contributed by atoms with E-state index in [2.05, 4.69) is 11.6 Å². The molecule has 0 saturated carbocycles. The van der Waals surface area contributed by atoms with Crippen molar-refractivity contribution in [2.24, 2.45) is 0 Å². The second-order valence-corrected chi connectivity index (χ2v) is 5.92. The molecule has 2 rings (SSSR count). The number of carbonyl (C=O) groups is 1. The molecule has 2 aromatic rings. The van der Waals surface area contributed by atoms with Crippen LogP contribution in [0, 0.1) is 0 Å². The lowest BCUT2D eigenvalue weighted by Gasteiger charge is -2.27. The third-order valence-electron chi connectivity index (χ3n) is 3.71. The van der Waals surface area contributed by atoms with Crippen LogP contribution in [0.4, 0.5) is 0 Å². The molecule has 0 unspecified atom stereocenters. The molecule has 0 saturated heterocycles. The minimum atomic E-state index is -0.265. The van der Waals surface area contributed by atoms with Gasteiger partial charge in [-0.1, -0.05) is 18.7 Å². The van der Waals surface area contributed by atoms with Gasteiger partial charge in [0.2, 0.25) is 0 Å². The number of nitrogens with zero attached hydrogens (tertiary/aromatic N) is 2. The Kier molecular flexibility index (Phi) is 6.71. The smallest absolute Gasteiger partial charge is 0.254 e. The number of ether oxygens (including phenoxy) is 2. The van der Waals surface area contributed by atoms with Gasteiger partial charge in [0, 0.05) is 25.9 Å². The van der Waals surface area contributed by atoms with Crippen LogP contribution in [0.1, 0.15) is 29.0 Å². The van der Waals surface area contributed by atoms with E-state index < -0.39 is 0 Å². The van der Waals surface area contributed by atoms with Crippen LogP contribution < -0.4 is 4.74 Å². The highest BCUT2D eigenvalue weighted by Crippen LogP contribution is 2.22. The van der Waals surface area contributed by atoms with Gasteiger partial charge in [-0.25, -0.2) is 0 Å². The van der Waals surface area contributed by atoms with Crippen molar-refractivity contribution in [3.05, 3.63) is 72.1 Å². The van der Waals surface area contributed by atoms with Crippen LogP contribution in [0.3, 0.4) is 0 Å². The van der Waals surface area contributed by atoms with E-state index in [1.54, 1.807) is 43.5 Å². The number of hydrogen-bond donors (Lipinski definition) is 0. The summed E-state index contributed by atoms with van der Waals surface area (Å²) in [4.78, 5) is 18.9. The Morgan fingerprint density at radius 2 is 2.08 bits per heavy atom. The van der Waals surface area contributed by atoms with Crippen molar-refractivity contribution in [2.45, 2.75) is 13.0 Å². The Hall–Kier alpha value is -2.66. The molecule has 0 N–H and O–H groups in total. The van der Waals surface area contributed by atoms with Gasteiger partial charge in [0.05, 0.1) is 18.3 Å². The van der Waals surface area contributed by atoms with E-state index in [4.69, 9.17) is 9.47 Å². The number of benzene rings is 1. The van der Waals surface area contributed by atoms with Crippen molar-refractivity contribution in [3.8, 4) is 5.75 Å². The average Bonchev–Trinajstić information content (AvgIpc) is 2.64. The first-order chi connectivity index (χ1) is 12.0. The molecule has 1 atom stereocenters. The van der Waals surface area contributed by atoms with Crippen LogP contribution in [0.15, 0.2) is 60.8 Å². The largest absolute Gasteiger partial charge is 0.489 e. The zero-order valence-electron chi connectivity index (χ0n) is 14.9. The summed E-state index contributed by atoms with van der Waals surface area (Å²) in [5.74, 6) is 0.525. The van der Waals surface area contributed by atoms with Gasteiger partial charge in [-0.2, -0.15) is 0 Å². The molecule has 0 aliphatic heterocycles. The molecule has 25 heavy (non-hydrogen) atoms. The van der Waals surface area contributed by atoms with E-state index in [1.165, 1.54) is 0 Å². The van der Waals surface area contributed by atoms with Crippen molar-refractivity contribution in [3.63, 3.8) is 0 Å². The lowest BCUT2D eigenvalue weighted by molar-refractivity contribution is 0.0594. The Morgan fingerprint density at radius 1 is 1.28 bits per heavy atom. The summed E-state index contributed by atoms with van der Waals surface area (Å²) < 4.78 is 10.9. The minimum absolute atomic E-state index is 0.117. The van der Waals surface area contributed by atoms with Gasteiger partial charge in [-0.3, -0.25) is 9.78 Å². The zero-order chi connectivity index (χ0) is 18.2. The lowest BCUT2D eigenvalue weighted by Crippen LogP contribution is -2.34. The number of hydrogen-bond acceptors (Lipinski definition) is 4. The molecule has 1 heterocycles. The van der Waals surface area contributed by atoms with Crippen LogP contribution in [0.2, 0.25) is 0 Å². The van der Waals surface area contributed by atoms with Crippen LogP contribution in [0.25, 0.3) is 0 Å². The summed E-state index contributed by atoms with van der Waals surface area (Å²) in [6.45, 7) is 6.50. The Labute approximate surface area is 148 Å². The molecule has 5 heteroatoms. The van der Waals surface area contributed by atoms with Gasteiger partial charge in [-0.15, -0.1) is 0 Å². The van der Waals surface area contributed by atoms with E-state index in [9.17, 15) is 4.79 Å². The minimum Gasteiger partial charge on any atom is -0.489 e. The number of pyridine rings is 1. The first-order valence-corrected chi connectivity index (χ1v) is 8.07. The topological polar surface area (TPSA) is 51.7 Å². The summed E-state index contributed by atoms with van der Waals surface area (Å²) in [6.07, 6.45) is 1.71. The van der Waals surface area contributed by atoms with Gasteiger partial charge in [-0.05, 0) is 42.8 Å². The normalized spacial score (nSPS) is 11.6. The summed E-state index contributed by atoms with van der Waals surface area (Å²) in [6, 6.07) is 12.5. The molecule has 0 aliphatic rings. The van der Waals surface area contributed by atoms with E-state index in [-0.39, 0.29) is 11.9 Å². The molecule has 1 amide bonds. The van der Waals surface area contributed by atoms with Crippen LogP contribution in [-0.2, 0) is 4.74 Å². The van der Waals surface area contributed by atoms with E-state index in [1.807, 2.05) is 31.2 Å². The van der Waals surface area contributed by atoms with E-state index >= 15 is 0 Å². The fraction of sp³-hybridized carbons (Fsp3) is 0.300. The van der Waals surface area contributed by atoms with E-state index in [0.717, 1.165) is 11.3 Å². The number of amides is 1. The summed E-state index contributed by atoms with van der Waals surface area (Å²) in [7, 11) is 3.36. The molecule has 0 radical (unpaired) electrons. The van der Waals surface area contributed by atoms with Crippen LogP contribution >= 0.6 is 0 Å². The highest BCUT2D eigenvalue weighted by Gasteiger charge is 2.24. The first kappa shape index (κ1) is 18.7. The first-order valence-electron chi connectivity index (χ1n) is 8.07. The van der Waals surface area contributed by atoms with Gasteiger partial charge >= 0.3 is 0 Å². The summed E-state index contributed by atoms with van der Waals surface area (Å²) in [5, 5.41) is 0. The van der Waals surface area contributed by atoms with Gasteiger partial charge in [0.25, 0.3) is 5.91 Å². The predicted molar refractivity (Wildman–Crippen MR) is 97.7 cm³/mol. The Morgan fingerprint density at radius 3 is 2.72 bits per heavy atom. The monoisotopic (exact) mass is 340 g/mol. The average molecular weight is 340 g/mol. The quantitative estimate of drug-likeness (QED) is 0.690. The summed E-state index contributed by atoms with van der Waals surface area (Å²) in [5.41, 5.74) is 2.26. The van der Waals surface area contributed by atoms with Gasteiger partial charge in [0.15, 0.2) is 0 Å². The highest BCUT2D eigenvalue weighted by atomic mass is 16.5. The zero-order valence-corrected chi connectivity index (χ0v) is 14.9. The predicted octanol–water partition coefficient (Wildman–Crippen LogP) is 3.50. The fourth-order valence-electron chi connectivity index (χ4n) is 2.40. The number of carbonyl (C=O) groups excluding carboxylic acids is 1. The second kappa shape index (κ2) is 8.99. The van der Waals surface area contributed by atoms with E-state index in [0.29, 0.717) is 24.5 Å². The standard InChI is InChI=1S/C20H24N2O3/c1-15(2)13-25-17-9-7-8-16(12-17)20(23)22(3)19(14-24-4)18-10-5-6-11-21-18/h5-12,19H,1,13-14H2,2-4H3/t19-/m1/s1. The number of methoxy groups -OCH3 is 1. The molecule has 0 spiro atoms. The fourth-order valence-corrected chi connectivity index (χ4v) is 2.40. The molecule has 1 aromatic heterocycles. The maximum Gasteiger partial charge on any atom is 0.254 e. The van der Waals surface area contributed by atoms with Crippen molar-refractivity contribution in [1.82, 2.24) is 9.88 Å². The SMILES string of the molecule is C=C(C)COc1cccc(C(=O)N(C)[C@H](COC)c2ccccn2)c1. The maximum atomic E-state index is 12.9. The molecule has 0 bridgehead atoms. The number of rotatable bonds is 8. The Bertz CT molecular complexity index is 716. The van der Waals surface area contributed by atoms with Gasteiger partial charge in [0.1, 0.15) is 12.4 Å². The third-order valence-corrected chi connectivity index (χ3v) is 3.71. The molecule has 132 valence electrons. The van der Waals surface area contributed by atoms with Gasteiger partial charge < -0.3 is 14.4 Å². The highest BCUT2D eigenvalue weighted by molar-refractivity contribution is 5.94. The molecule has 1 aromatic carbocycles. The van der Waals surface area contributed by atoms with Crippen molar-refractivity contribution >= 4 is 5.91 Å². The van der Waals surface area contributed by atoms with Crippen molar-refractivity contribution in [1.29, 1.82) is 0 Å². The van der Waals surface area contributed by atoms with Crippen molar-refractivity contribution in [2.75, 3.05) is 27.4 Å². The molecular formula is C20H24N2O3. The molecule has 0 aliphatic carbocycles. The second-order valence-electron chi connectivity index (χ2n) is 5.92. The Balaban J connectivity index is 2.19. The lowest BCUT2D eigenvalue weighted by atomic mass is 10.1. The molecular weight excluding hydrogens is 316 g/mol. The maximum absolute atomic E-state index is 12.9. The molecule has 0 fully saturated rings. The number of likely N-dealkylation sites (N-methyl/N-ethyl adjacent to an activating group) is 1. The number of aromatic nitrogens is 1. The van der Waals surface area contributed by atoms with Crippen molar-refractivity contribution < 1.29 is 14.3 Å². The molecule has 5 nitrogen and oxygen atoms in total. The van der Waals surface area contributed by atoms with Crippen LogP contribution in [-0.4, -0.2) is 43.2 Å². The third kappa shape index (κ3) is 5.16.